The summed E-state index contributed by atoms with van der Waals surface area (Å²) in [6.07, 6.45) is 6.73. The minimum atomic E-state index is -3.32. The molecule has 1 aromatic carbocycles. The van der Waals surface area contributed by atoms with Gasteiger partial charge in [-0.15, -0.1) is 0 Å². The molecule has 1 unspecified atom stereocenters. The summed E-state index contributed by atoms with van der Waals surface area (Å²) in [5.74, 6) is 0.181. The van der Waals surface area contributed by atoms with Crippen LogP contribution in [0.1, 0.15) is 23.7 Å². The van der Waals surface area contributed by atoms with E-state index in [-0.39, 0.29) is 5.75 Å². The summed E-state index contributed by atoms with van der Waals surface area (Å²) < 4.78 is 27.1. The molecule has 0 spiro atoms. The first kappa shape index (κ1) is 23.2. The van der Waals surface area contributed by atoms with E-state index in [0.29, 0.717) is 47.7 Å². The van der Waals surface area contributed by atoms with Crippen LogP contribution in [0.2, 0.25) is 0 Å². The zero-order valence-corrected chi connectivity index (χ0v) is 19.7. The Morgan fingerprint density at radius 1 is 1.24 bits per heavy atom. The maximum absolute atomic E-state index is 13.0. The third-order valence-corrected chi connectivity index (χ3v) is 5.32. The molecule has 33 heavy (non-hydrogen) atoms. The van der Waals surface area contributed by atoms with Gasteiger partial charge < -0.3 is 20.1 Å². The molecule has 1 aliphatic rings. The molecule has 2 N–H and O–H groups in total. The number of rotatable bonds is 6. The average molecular weight is 567 g/mol. The monoisotopic (exact) mass is 567 g/mol. The second kappa shape index (κ2) is 9.14. The Hall–Kier alpha value is -2.93. The summed E-state index contributed by atoms with van der Waals surface area (Å²) in [4.78, 5) is 27.5. The minimum absolute atomic E-state index is 0.0220. The molecule has 1 saturated heterocycles. The Balaban J connectivity index is 1.58. The molecule has 0 radical (unpaired) electrons. The van der Waals surface area contributed by atoms with E-state index in [9.17, 15) is 18.7 Å². The van der Waals surface area contributed by atoms with E-state index in [1.54, 1.807) is 25.4 Å². The molecule has 1 atom stereocenters. The van der Waals surface area contributed by atoms with Crippen molar-refractivity contribution in [3.8, 4) is 16.9 Å². The van der Waals surface area contributed by atoms with Gasteiger partial charge in [0.2, 0.25) is 0 Å². The molecule has 0 bridgehead atoms. The summed E-state index contributed by atoms with van der Waals surface area (Å²) in [6, 6.07) is 7.31. The standard InChI is InChI=1S/C22H20F2IN5O3/c1-21(32)6-7-30(12-21)19-18(15-9-26-13-27-10-15)8-14(11-28-19)20(31)29-16-2-4-17(5-3-16)33-22(23,24)25/h2-5,8-11,13,32H,6-7,12H2,1H3,(H,29,31). The summed E-state index contributed by atoms with van der Waals surface area (Å²) in [5, 5.41) is 13.1. The number of anilines is 2. The van der Waals surface area contributed by atoms with Gasteiger partial charge in [-0.25, -0.2) is 15.0 Å². The highest BCUT2D eigenvalue weighted by Gasteiger charge is 2.33. The van der Waals surface area contributed by atoms with Crippen LogP contribution in [0.25, 0.3) is 11.1 Å². The van der Waals surface area contributed by atoms with E-state index in [1.165, 1.54) is 36.8 Å². The van der Waals surface area contributed by atoms with Gasteiger partial charge in [0.05, 0.1) is 33.8 Å². The molecule has 3 heterocycles. The molecular formula is C22H20F2IN5O3. The summed E-state index contributed by atoms with van der Waals surface area (Å²) in [7, 11) is 0. The summed E-state index contributed by atoms with van der Waals surface area (Å²) >= 11 is 0.884. The van der Waals surface area contributed by atoms with E-state index in [0.717, 1.165) is 22.6 Å². The number of ether oxygens (including phenoxy) is 1. The third kappa shape index (κ3) is 5.90. The number of alkyl halides is 3. The number of nitrogens with zero attached hydrogens (tertiary/aromatic N) is 4. The first-order valence-electron chi connectivity index (χ1n) is 10.00. The van der Waals surface area contributed by atoms with Crippen molar-refractivity contribution in [2.24, 2.45) is 0 Å². The van der Waals surface area contributed by atoms with Crippen LogP contribution in [0, 0.1) is 0 Å². The second-order valence-corrected chi connectivity index (χ2v) is 9.17. The lowest BCUT2D eigenvalue weighted by Crippen LogP contribution is -2.30. The summed E-state index contributed by atoms with van der Waals surface area (Å²) in [6.45, 7) is 2.81. The van der Waals surface area contributed by atoms with Gasteiger partial charge in [-0.05, 0) is 43.7 Å². The number of amides is 1. The number of hydrogen-bond donors (Lipinski definition) is 2. The van der Waals surface area contributed by atoms with Crippen LogP contribution in [0.4, 0.5) is 20.3 Å². The lowest BCUT2D eigenvalue weighted by Gasteiger charge is -2.22. The third-order valence-electron chi connectivity index (χ3n) is 5.10. The number of β-amino-alcohol motifs (C(OH)–C–C–N with tert-alkyl or cyclic N) is 1. The number of pyridine rings is 1. The quantitative estimate of drug-likeness (QED) is 0.342. The molecule has 2 aromatic heterocycles. The van der Waals surface area contributed by atoms with Crippen molar-refractivity contribution in [1.82, 2.24) is 15.0 Å². The van der Waals surface area contributed by atoms with Gasteiger partial charge in [-0.1, -0.05) is 0 Å². The zero-order chi connectivity index (χ0) is 23.6. The molecular weight excluding hydrogens is 547 g/mol. The highest BCUT2D eigenvalue weighted by molar-refractivity contribution is 14.1. The number of halogens is 3. The Bertz CT molecular complexity index is 1140. The Morgan fingerprint density at radius 2 is 1.94 bits per heavy atom. The van der Waals surface area contributed by atoms with E-state index < -0.39 is 15.6 Å². The molecule has 3 aromatic rings. The maximum atomic E-state index is 13.0. The van der Waals surface area contributed by atoms with Crippen molar-refractivity contribution in [2.45, 2.75) is 23.1 Å². The molecule has 1 fully saturated rings. The van der Waals surface area contributed by atoms with Crippen LogP contribution in [0.3, 0.4) is 0 Å². The van der Waals surface area contributed by atoms with E-state index in [4.69, 9.17) is 0 Å². The number of benzene rings is 1. The number of carbonyl (C=O) groups excluding carboxylic acids is 1. The van der Waals surface area contributed by atoms with Gasteiger partial charge in [0.15, 0.2) is 0 Å². The number of nitrogens with one attached hydrogen (secondary N) is 1. The normalized spacial score (nSPS) is 18.3. The first-order valence-corrected chi connectivity index (χ1v) is 11.1. The Kier molecular flexibility index (Phi) is 6.43. The van der Waals surface area contributed by atoms with Crippen molar-refractivity contribution >= 4 is 40.0 Å². The predicted molar refractivity (Wildman–Crippen MR) is 127 cm³/mol. The molecule has 0 aliphatic carbocycles. The fourth-order valence-electron chi connectivity index (χ4n) is 3.55. The average Bonchev–Trinajstić information content (AvgIpc) is 3.14. The highest BCUT2D eigenvalue weighted by atomic mass is 127. The molecule has 1 amide bonds. The van der Waals surface area contributed by atoms with Crippen LogP contribution in [-0.2, 0) is 0 Å². The summed E-state index contributed by atoms with van der Waals surface area (Å²) in [5.41, 5.74) is 1.23. The van der Waals surface area contributed by atoms with Crippen LogP contribution in [-0.4, -0.2) is 48.8 Å². The Labute approximate surface area is 202 Å². The molecule has 8 nitrogen and oxygen atoms in total. The van der Waals surface area contributed by atoms with Crippen molar-refractivity contribution in [3.63, 3.8) is 0 Å². The van der Waals surface area contributed by atoms with Gasteiger partial charge >= 0.3 is 4.12 Å². The highest BCUT2D eigenvalue weighted by Crippen LogP contribution is 2.34. The zero-order valence-electron chi connectivity index (χ0n) is 17.5. The van der Waals surface area contributed by atoms with E-state index in [1.807, 2.05) is 4.90 Å². The van der Waals surface area contributed by atoms with Crippen LogP contribution >= 0.6 is 22.6 Å². The number of aliphatic hydroxyl groups is 1. The van der Waals surface area contributed by atoms with Gasteiger partial charge in [0.25, 0.3) is 5.91 Å². The lowest BCUT2D eigenvalue weighted by atomic mass is 10.1. The number of aromatic nitrogens is 3. The number of carbonyl (C=O) groups is 1. The maximum Gasteiger partial charge on any atom is 0.451 e. The molecule has 11 heteroatoms. The largest absolute Gasteiger partial charge is 0.451 e. The van der Waals surface area contributed by atoms with Crippen LogP contribution in [0.5, 0.6) is 5.75 Å². The molecule has 0 saturated carbocycles. The fourth-order valence-corrected chi connectivity index (χ4v) is 3.81. The predicted octanol–water partition coefficient (Wildman–Crippen LogP) is 4.12. The van der Waals surface area contributed by atoms with Gasteiger partial charge in [0, 0.05) is 48.5 Å². The Morgan fingerprint density at radius 3 is 2.55 bits per heavy atom. The fraction of sp³-hybridized carbons (Fsp3) is 0.273. The lowest BCUT2D eigenvalue weighted by molar-refractivity contribution is -0.0691. The van der Waals surface area contributed by atoms with Crippen molar-refractivity contribution in [3.05, 3.63) is 60.8 Å². The smallest absolute Gasteiger partial charge is 0.425 e. The van der Waals surface area contributed by atoms with Gasteiger partial charge in [-0.2, -0.15) is 8.78 Å². The molecule has 172 valence electrons. The van der Waals surface area contributed by atoms with Crippen molar-refractivity contribution < 1.29 is 23.4 Å². The van der Waals surface area contributed by atoms with Gasteiger partial charge in [0.1, 0.15) is 17.9 Å². The molecule has 1 aliphatic heterocycles. The van der Waals surface area contributed by atoms with E-state index in [2.05, 4.69) is 25.0 Å². The van der Waals surface area contributed by atoms with Crippen molar-refractivity contribution in [1.29, 1.82) is 0 Å². The second-order valence-electron chi connectivity index (χ2n) is 7.92. The first-order chi connectivity index (χ1) is 15.6. The van der Waals surface area contributed by atoms with E-state index >= 15 is 0 Å². The van der Waals surface area contributed by atoms with Crippen LogP contribution in [0.15, 0.2) is 55.2 Å². The minimum Gasteiger partial charge on any atom is -0.425 e. The van der Waals surface area contributed by atoms with Gasteiger partial charge in [-0.3, -0.25) is 4.79 Å². The van der Waals surface area contributed by atoms with Crippen molar-refractivity contribution in [2.75, 3.05) is 23.3 Å². The SMILES string of the molecule is CC1(O)CCN(c2ncc(C(=O)Nc3ccc(OC(F)(F)I)cc3)cc2-c2cncnc2)C1. The number of hydrogen-bond acceptors (Lipinski definition) is 7. The van der Waals surface area contributed by atoms with Crippen LogP contribution < -0.4 is 15.0 Å². The topological polar surface area (TPSA) is 100 Å². The molecule has 4 rings (SSSR count).